The Bertz CT molecular complexity index is 365. The first kappa shape index (κ1) is 17.9. The first-order valence-electron chi connectivity index (χ1n) is 7.87. The minimum absolute atomic E-state index is 0.0736. The fourth-order valence-electron chi connectivity index (χ4n) is 2.70. The van der Waals surface area contributed by atoms with Gasteiger partial charge in [-0.3, -0.25) is 0 Å². The normalized spacial score (nSPS) is 20.4. The quantitative estimate of drug-likeness (QED) is 0.742. The van der Waals surface area contributed by atoms with Crippen molar-refractivity contribution in [1.29, 1.82) is 0 Å². The van der Waals surface area contributed by atoms with Gasteiger partial charge in [0.1, 0.15) is 0 Å². The summed E-state index contributed by atoms with van der Waals surface area (Å²) in [5.74, 6) is 0.611. The molecule has 1 N–H and O–H groups in total. The zero-order valence-electron chi connectivity index (χ0n) is 13.4. The van der Waals surface area contributed by atoms with Gasteiger partial charge in [0.15, 0.2) is 0 Å². The molecule has 5 nitrogen and oxygen atoms in total. The Kier molecular flexibility index (Phi) is 7.43. The summed E-state index contributed by atoms with van der Waals surface area (Å²) in [7, 11) is -1.57. The van der Waals surface area contributed by atoms with Crippen LogP contribution in [0.3, 0.4) is 0 Å². The van der Waals surface area contributed by atoms with Crippen LogP contribution < -0.4 is 5.32 Å². The van der Waals surface area contributed by atoms with Crippen LogP contribution in [0.2, 0.25) is 0 Å². The van der Waals surface area contributed by atoms with E-state index in [-0.39, 0.29) is 6.04 Å². The molecule has 0 aliphatic carbocycles. The Labute approximate surface area is 124 Å². The number of hydrogen-bond acceptors (Lipinski definition) is 3. The van der Waals surface area contributed by atoms with Crippen molar-refractivity contribution in [1.82, 2.24) is 13.9 Å². The molecule has 1 saturated heterocycles. The molecular formula is C14H31N3O2S. The number of hydrogen-bond donors (Lipinski definition) is 1. The van der Waals surface area contributed by atoms with Crippen molar-refractivity contribution in [3.63, 3.8) is 0 Å². The van der Waals surface area contributed by atoms with Crippen LogP contribution in [0.5, 0.6) is 0 Å². The first-order chi connectivity index (χ1) is 9.43. The molecule has 0 saturated carbocycles. The minimum atomic E-state index is -3.28. The zero-order valence-corrected chi connectivity index (χ0v) is 14.2. The van der Waals surface area contributed by atoms with Crippen LogP contribution in [-0.2, 0) is 10.2 Å². The second-order valence-corrected chi connectivity index (χ2v) is 7.80. The lowest BCUT2D eigenvalue weighted by Crippen LogP contribution is -2.49. The first-order valence-corrected chi connectivity index (χ1v) is 9.26. The molecule has 1 fully saturated rings. The molecule has 0 amide bonds. The summed E-state index contributed by atoms with van der Waals surface area (Å²) >= 11 is 0. The Morgan fingerprint density at radius 2 is 1.90 bits per heavy atom. The number of nitrogens with one attached hydrogen (secondary N) is 1. The third-order valence-corrected chi connectivity index (χ3v) is 6.38. The van der Waals surface area contributed by atoms with Crippen molar-refractivity contribution in [3.05, 3.63) is 0 Å². The Balaban J connectivity index is 2.54. The maximum atomic E-state index is 12.6. The van der Waals surface area contributed by atoms with Crippen molar-refractivity contribution >= 4 is 10.2 Å². The van der Waals surface area contributed by atoms with Crippen LogP contribution in [0.25, 0.3) is 0 Å². The lowest BCUT2D eigenvalue weighted by Gasteiger charge is -2.35. The van der Waals surface area contributed by atoms with E-state index in [0.29, 0.717) is 19.0 Å². The molecule has 0 bridgehead atoms. The second kappa shape index (κ2) is 8.32. The van der Waals surface area contributed by atoms with Crippen LogP contribution in [0.15, 0.2) is 0 Å². The minimum Gasteiger partial charge on any atom is -0.317 e. The molecule has 0 aromatic carbocycles. The predicted octanol–water partition coefficient (Wildman–Crippen LogP) is 1.67. The summed E-state index contributed by atoms with van der Waals surface area (Å²) in [4.78, 5) is 0. The van der Waals surface area contributed by atoms with Gasteiger partial charge in [-0.25, -0.2) is 0 Å². The van der Waals surface area contributed by atoms with E-state index >= 15 is 0 Å². The standard InChI is InChI=1S/C14H31N3O2S/c1-5-7-13(3)16(4)20(18,19)17-10-8-14(9-11-17)12-15-6-2/h13-15H,5-12H2,1-4H3. The van der Waals surface area contributed by atoms with E-state index in [2.05, 4.69) is 19.2 Å². The Morgan fingerprint density at radius 1 is 1.30 bits per heavy atom. The van der Waals surface area contributed by atoms with Gasteiger partial charge < -0.3 is 5.32 Å². The molecule has 1 unspecified atom stereocenters. The number of piperidine rings is 1. The van der Waals surface area contributed by atoms with Gasteiger partial charge in [-0.2, -0.15) is 17.0 Å². The molecule has 6 heteroatoms. The van der Waals surface area contributed by atoms with E-state index in [1.54, 1.807) is 15.7 Å². The lowest BCUT2D eigenvalue weighted by atomic mass is 9.98. The Morgan fingerprint density at radius 3 is 2.40 bits per heavy atom. The van der Waals surface area contributed by atoms with Crippen molar-refractivity contribution in [2.75, 3.05) is 33.2 Å². The van der Waals surface area contributed by atoms with Crippen LogP contribution in [0.4, 0.5) is 0 Å². The van der Waals surface area contributed by atoms with E-state index in [4.69, 9.17) is 0 Å². The molecule has 1 aliphatic heterocycles. The van der Waals surface area contributed by atoms with Crippen molar-refractivity contribution in [3.8, 4) is 0 Å². The van der Waals surface area contributed by atoms with Gasteiger partial charge >= 0.3 is 0 Å². The largest absolute Gasteiger partial charge is 0.317 e. The van der Waals surface area contributed by atoms with Crippen LogP contribution in [-0.4, -0.2) is 56.3 Å². The van der Waals surface area contributed by atoms with E-state index in [0.717, 1.165) is 38.8 Å². The van der Waals surface area contributed by atoms with Gasteiger partial charge in [0, 0.05) is 26.2 Å². The smallest absolute Gasteiger partial charge is 0.281 e. The third-order valence-electron chi connectivity index (χ3n) is 4.27. The van der Waals surface area contributed by atoms with Gasteiger partial charge in [0.05, 0.1) is 0 Å². The van der Waals surface area contributed by atoms with Gasteiger partial charge in [0.2, 0.25) is 0 Å². The predicted molar refractivity (Wildman–Crippen MR) is 83.9 cm³/mol. The fraction of sp³-hybridized carbons (Fsp3) is 1.00. The van der Waals surface area contributed by atoms with Crippen molar-refractivity contribution in [2.45, 2.75) is 52.5 Å². The monoisotopic (exact) mass is 305 g/mol. The van der Waals surface area contributed by atoms with Gasteiger partial charge in [-0.15, -0.1) is 0 Å². The van der Waals surface area contributed by atoms with Crippen LogP contribution in [0.1, 0.15) is 46.5 Å². The SMILES string of the molecule is CCCC(C)N(C)S(=O)(=O)N1CCC(CNCC)CC1. The fourth-order valence-corrected chi connectivity index (χ4v) is 4.30. The van der Waals surface area contributed by atoms with Crippen molar-refractivity contribution in [2.24, 2.45) is 5.92 Å². The highest BCUT2D eigenvalue weighted by molar-refractivity contribution is 7.86. The molecule has 0 radical (unpaired) electrons. The summed E-state index contributed by atoms with van der Waals surface area (Å²) in [6, 6.07) is 0.0736. The molecule has 1 rings (SSSR count). The van der Waals surface area contributed by atoms with E-state index in [1.807, 2.05) is 6.92 Å². The maximum absolute atomic E-state index is 12.6. The summed E-state index contributed by atoms with van der Waals surface area (Å²) in [5, 5.41) is 3.35. The molecule has 0 aromatic rings. The maximum Gasteiger partial charge on any atom is 0.281 e. The van der Waals surface area contributed by atoms with Gasteiger partial charge in [-0.1, -0.05) is 20.3 Å². The van der Waals surface area contributed by atoms with E-state index in [9.17, 15) is 8.42 Å². The molecular weight excluding hydrogens is 274 g/mol. The summed E-state index contributed by atoms with van der Waals surface area (Å²) in [6.07, 6.45) is 3.84. The average molecular weight is 305 g/mol. The van der Waals surface area contributed by atoms with E-state index < -0.39 is 10.2 Å². The summed E-state index contributed by atoms with van der Waals surface area (Å²) < 4.78 is 28.3. The van der Waals surface area contributed by atoms with Crippen LogP contribution >= 0.6 is 0 Å². The summed E-state index contributed by atoms with van der Waals surface area (Å²) in [5.41, 5.74) is 0. The summed E-state index contributed by atoms with van der Waals surface area (Å²) in [6.45, 7) is 9.47. The van der Waals surface area contributed by atoms with E-state index in [1.165, 1.54) is 0 Å². The lowest BCUT2D eigenvalue weighted by molar-refractivity contribution is 0.245. The highest BCUT2D eigenvalue weighted by Gasteiger charge is 2.32. The zero-order chi connectivity index (χ0) is 15.2. The molecule has 20 heavy (non-hydrogen) atoms. The highest BCUT2D eigenvalue weighted by Crippen LogP contribution is 2.22. The number of nitrogens with zero attached hydrogens (tertiary/aromatic N) is 2. The third kappa shape index (κ3) is 4.69. The van der Waals surface area contributed by atoms with Gasteiger partial charge in [-0.05, 0) is 45.2 Å². The average Bonchev–Trinajstić information content (AvgIpc) is 2.45. The molecule has 1 atom stereocenters. The van der Waals surface area contributed by atoms with Gasteiger partial charge in [0.25, 0.3) is 10.2 Å². The Hall–Kier alpha value is -0.170. The topological polar surface area (TPSA) is 52.7 Å². The number of rotatable bonds is 8. The molecule has 0 spiro atoms. The molecule has 1 aliphatic rings. The molecule has 120 valence electrons. The molecule has 1 heterocycles. The second-order valence-electron chi connectivity index (χ2n) is 5.81. The molecule has 0 aromatic heterocycles. The van der Waals surface area contributed by atoms with Crippen LogP contribution in [0, 0.1) is 5.92 Å². The van der Waals surface area contributed by atoms with Crippen molar-refractivity contribution < 1.29 is 8.42 Å². The highest BCUT2D eigenvalue weighted by atomic mass is 32.2.